The second-order valence-electron chi connectivity index (χ2n) is 4.26. The summed E-state index contributed by atoms with van der Waals surface area (Å²) in [4.78, 5) is 2.08. The van der Waals surface area contributed by atoms with Gasteiger partial charge in [-0.1, -0.05) is 25.1 Å². The van der Waals surface area contributed by atoms with E-state index in [1.807, 2.05) is 38.4 Å². The third-order valence-electron chi connectivity index (χ3n) is 2.34. The van der Waals surface area contributed by atoms with E-state index in [4.69, 9.17) is 10.5 Å². The summed E-state index contributed by atoms with van der Waals surface area (Å²) in [5.74, 6) is 0.915. The number of hydrogen-bond acceptors (Lipinski definition) is 3. The number of nitrogens with zero attached hydrogens (tertiary/aromatic N) is 1. The van der Waals surface area contributed by atoms with Crippen molar-refractivity contribution in [1.29, 1.82) is 0 Å². The van der Waals surface area contributed by atoms with Gasteiger partial charge >= 0.3 is 0 Å². The van der Waals surface area contributed by atoms with Crippen molar-refractivity contribution in [3.05, 3.63) is 29.8 Å². The molecule has 0 fully saturated rings. The first-order valence-electron chi connectivity index (χ1n) is 5.77. The molecule has 3 nitrogen and oxygen atoms in total. The first-order valence-corrected chi connectivity index (χ1v) is 5.77. The summed E-state index contributed by atoms with van der Waals surface area (Å²) in [6.07, 6.45) is 1.01. The molecule has 1 atom stereocenters. The molecular formula is C13H22N2O. The number of benzene rings is 1. The van der Waals surface area contributed by atoms with Crippen LogP contribution in [0.15, 0.2) is 24.3 Å². The molecule has 0 saturated heterocycles. The van der Waals surface area contributed by atoms with E-state index >= 15 is 0 Å². The quantitative estimate of drug-likeness (QED) is 0.800. The van der Waals surface area contributed by atoms with Crippen molar-refractivity contribution in [1.82, 2.24) is 4.90 Å². The first-order chi connectivity index (χ1) is 7.65. The zero-order chi connectivity index (χ0) is 12.0. The number of nitrogens with two attached hydrogens (primary N) is 1. The van der Waals surface area contributed by atoms with E-state index in [-0.39, 0.29) is 6.04 Å². The molecule has 1 rings (SSSR count). The van der Waals surface area contributed by atoms with Crippen LogP contribution in [0.1, 0.15) is 24.9 Å². The Morgan fingerprint density at radius 1 is 1.31 bits per heavy atom. The molecule has 16 heavy (non-hydrogen) atoms. The molecule has 0 bridgehead atoms. The van der Waals surface area contributed by atoms with Gasteiger partial charge < -0.3 is 15.4 Å². The Morgan fingerprint density at radius 2 is 2.00 bits per heavy atom. The van der Waals surface area contributed by atoms with E-state index in [2.05, 4.69) is 11.8 Å². The van der Waals surface area contributed by atoms with Gasteiger partial charge in [-0.3, -0.25) is 0 Å². The summed E-state index contributed by atoms with van der Waals surface area (Å²) >= 11 is 0. The molecule has 0 radical (unpaired) electrons. The summed E-state index contributed by atoms with van der Waals surface area (Å²) < 4.78 is 5.69. The second-order valence-corrected chi connectivity index (χ2v) is 4.26. The molecule has 0 amide bonds. The Morgan fingerprint density at radius 3 is 2.62 bits per heavy atom. The average Bonchev–Trinajstić information content (AvgIpc) is 2.25. The van der Waals surface area contributed by atoms with Crippen LogP contribution in [-0.4, -0.2) is 32.1 Å². The van der Waals surface area contributed by atoms with Gasteiger partial charge in [0.2, 0.25) is 0 Å². The highest BCUT2D eigenvalue weighted by Gasteiger charge is 2.12. The van der Waals surface area contributed by atoms with Crippen LogP contribution in [0.3, 0.4) is 0 Å². The standard InChI is InChI=1S/C13H22N2O/c1-4-9-16-13-8-6-5-7-11(13)12(14)10-15(2)3/h5-8,12H,4,9-10,14H2,1-3H3. The molecule has 0 saturated carbocycles. The normalized spacial score (nSPS) is 12.8. The monoisotopic (exact) mass is 222 g/mol. The van der Waals surface area contributed by atoms with Crippen LogP contribution in [0.4, 0.5) is 0 Å². The predicted molar refractivity (Wildman–Crippen MR) is 67.7 cm³/mol. The number of hydrogen-bond donors (Lipinski definition) is 1. The minimum Gasteiger partial charge on any atom is -0.493 e. The lowest BCUT2D eigenvalue weighted by Crippen LogP contribution is -2.26. The Bertz CT molecular complexity index is 313. The summed E-state index contributed by atoms with van der Waals surface area (Å²) in [5.41, 5.74) is 7.23. The van der Waals surface area contributed by atoms with Crippen LogP contribution in [0.5, 0.6) is 5.75 Å². The van der Waals surface area contributed by atoms with Crippen molar-refractivity contribution in [2.45, 2.75) is 19.4 Å². The molecule has 0 aromatic heterocycles. The van der Waals surface area contributed by atoms with Gasteiger partial charge in [-0.2, -0.15) is 0 Å². The van der Waals surface area contributed by atoms with E-state index in [0.29, 0.717) is 0 Å². The van der Waals surface area contributed by atoms with Crippen LogP contribution in [0, 0.1) is 0 Å². The topological polar surface area (TPSA) is 38.5 Å². The maximum absolute atomic E-state index is 6.15. The Labute approximate surface area is 98.2 Å². The van der Waals surface area contributed by atoms with Gasteiger partial charge in [-0.15, -0.1) is 0 Å². The number of likely N-dealkylation sites (N-methyl/N-ethyl adjacent to an activating group) is 1. The third-order valence-corrected chi connectivity index (χ3v) is 2.34. The van der Waals surface area contributed by atoms with E-state index in [1.165, 1.54) is 0 Å². The number of rotatable bonds is 6. The Balaban J connectivity index is 2.76. The van der Waals surface area contributed by atoms with E-state index in [9.17, 15) is 0 Å². The lowest BCUT2D eigenvalue weighted by molar-refractivity contribution is 0.307. The molecule has 0 aliphatic rings. The van der Waals surface area contributed by atoms with E-state index in [1.54, 1.807) is 0 Å². The molecule has 1 unspecified atom stereocenters. The molecular weight excluding hydrogens is 200 g/mol. The summed E-state index contributed by atoms with van der Waals surface area (Å²) in [6, 6.07) is 8.02. The lowest BCUT2D eigenvalue weighted by atomic mass is 10.1. The summed E-state index contributed by atoms with van der Waals surface area (Å²) in [6.45, 7) is 3.67. The van der Waals surface area contributed by atoms with Crippen LogP contribution in [0.25, 0.3) is 0 Å². The van der Waals surface area contributed by atoms with Crippen molar-refractivity contribution < 1.29 is 4.74 Å². The van der Waals surface area contributed by atoms with Gasteiger partial charge in [0.25, 0.3) is 0 Å². The molecule has 0 aliphatic carbocycles. The lowest BCUT2D eigenvalue weighted by Gasteiger charge is -2.20. The minimum atomic E-state index is 0.00283. The van der Waals surface area contributed by atoms with Gasteiger partial charge in [-0.05, 0) is 26.6 Å². The van der Waals surface area contributed by atoms with Crippen LogP contribution in [0.2, 0.25) is 0 Å². The first kappa shape index (κ1) is 13.0. The van der Waals surface area contributed by atoms with Crippen molar-refractivity contribution >= 4 is 0 Å². The fourth-order valence-electron chi connectivity index (χ4n) is 1.62. The third kappa shape index (κ3) is 3.83. The van der Waals surface area contributed by atoms with E-state index in [0.717, 1.165) is 30.9 Å². The second kappa shape index (κ2) is 6.51. The van der Waals surface area contributed by atoms with Gasteiger partial charge in [-0.25, -0.2) is 0 Å². The zero-order valence-electron chi connectivity index (χ0n) is 10.4. The predicted octanol–water partition coefficient (Wildman–Crippen LogP) is 2.04. The van der Waals surface area contributed by atoms with Gasteiger partial charge in [0.15, 0.2) is 0 Å². The van der Waals surface area contributed by atoms with Crippen LogP contribution >= 0.6 is 0 Å². The minimum absolute atomic E-state index is 0.00283. The van der Waals surface area contributed by atoms with Gasteiger partial charge in [0, 0.05) is 18.2 Å². The van der Waals surface area contributed by atoms with Crippen molar-refractivity contribution in [2.75, 3.05) is 27.2 Å². The highest BCUT2D eigenvalue weighted by Crippen LogP contribution is 2.23. The Kier molecular flexibility index (Phi) is 5.29. The molecule has 0 heterocycles. The van der Waals surface area contributed by atoms with Gasteiger partial charge in [0.1, 0.15) is 5.75 Å². The zero-order valence-corrected chi connectivity index (χ0v) is 10.4. The SMILES string of the molecule is CCCOc1ccccc1C(N)CN(C)C. The maximum atomic E-state index is 6.15. The molecule has 1 aromatic carbocycles. The number of ether oxygens (including phenoxy) is 1. The van der Waals surface area contributed by atoms with Crippen molar-refractivity contribution in [3.8, 4) is 5.75 Å². The average molecular weight is 222 g/mol. The van der Waals surface area contributed by atoms with E-state index < -0.39 is 0 Å². The summed E-state index contributed by atoms with van der Waals surface area (Å²) in [7, 11) is 4.05. The van der Waals surface area contributed by atoms with Crippen molar-refractivity contribution in [3.63, 3.8) is 0 Å². The summed E-state index contributed by atoms with van der Waals surface area (Å²) in [5, 5.41) is 0. The smallest absolute Gasteiger partial charge is 0.124 e. The fraction of sp³-hybridized carbons (Fsp3) is 0.538. The largest absolute Gasteiger partial charge is 0.493 e. The molecule has 90 valence electrons. The maximum Gasteiger partial charge on any atom is 0.124 e. The fourth-order valence-corrected chi connectivity index (χ4v) is 1.62. The highest BCUT2D eigenvalue weighted by molar-refractivity contribution is 5.35. The molecule has 3 heteroatoms. The number of para-hydroxylation sites is 1. The highest BCUT2D eigenvalue weighted by atomic mass is 16.5. The molecule has 2 N–H and O–H groups in total. The van der Waals surface area contributed by atoms with Crippen LogP contribution in [-0.2, 0) is 0 Å². The molecule has 0 spiro atoms. The molecule has 1 aromatic rings. The van der Waals surface area contributed by atoms with Crippen LogP contribution < -0.4 is 10.5 Å². The molecule has 0 aliphatic heterocycles. The van der Waals surface area contributed by atoms with Crippen molar-refractivity contribution in [2.24, 2.45) is 5.73 Å². The Hall–Kier alpha value is -1.06. The van der Waals surface area contributed by atoms with Gasteiger partial charge in [0.05, 0.1) is 6.61 Å².